The third-order valence-electron chi connectivity index (χ3n) is 6.62. The van der Waals surface area contributed by atoms with Gasteiger partial charge in [-0.2, -0.15) is 0 Å². The molecule has 3 N–H and O–H groups in total. The Morgan fingerprint density at radius 2 is 1.84 bits per heavy atom. The number of benzene rings is 2. The van der Waals surface area contributed by atoms with Gasteiger partial charge in [0.05, 0.1) is 13.2 Å². The van der Waals surface area contributed by atoms with E-state index in [4.69, 9.17) is 9.47 Å². The molecule has 2 aromatic carbocycles. The molecule has 31 heavy (non-hydrogen) atoms. The van der Waals surface area contributed by atoms with E-state index in [-0.39, 0.29) is 23.4 Å². The number of methoxy groups -OCH3 is 1. The van der Waals surface area contributed by atoms with Crippen LogP contribution in [0.25, 0.3) is 0 Å². The third-order valence-corrected chi connectivity index (χ3v) is 6.62. The number of aryl methyl sites for hydroxylation is 2. The molecule has 1 amide bonds. The van der Waals surface area contributed by atoms with Crippen LogP contribution in [0.3, 0.4) is 0 Å². The summed E-state index contributed by atoms with van der Waals surface area (Å²) in [6.45, 7) is 6.34. The lowest BCUT2D eigenvalue weighted by molar-refractivity contribution is -0.123. The molecule has 6 heteroatoms. The highest BCUT2D eigenvalue weighted by Crippen LogP contribution is 2.36. The Balaban J connectivity index is 1.44. The van der Waals surface area contributed by atoms with Gasteiger partial charge in [-0.3, -0.25) is 4.79 Å². The second-order valence-electron chi connectivity index (χ2n) is 8.86. The van der Waals surface area contributed by atoms with Crippen LogP contribution in [0.5, 0.6) is 5.75 Å². The standard InChI is InChI=1S/C25H33N3O3/c1-17-12-18(2)14-19(13-17)25(8-10-31-11-9-25)16-26-24(29)22-15-21(27-28-22)20-6-4-5-7-23(20)30-3/h4-7,12-14,21-22,27-28H,8-11,15-16H2,1-3H3,(H,26,29). The Bertz CT molecular complexity index is 904. The summed E-state index contributed by atoms with van der Waals surface area (Å²) in [5.74, 6) is 0.860. The molecule has 2 saturated heterocycles. The predicted octanol–water partition coefficient (Wildman–Crippen LogP) is 3.08. The van der Waals surface area contributed by atoms with Gasteiger partial charge in [0.1, 0.15) is 11.8 Å². The summed E-state index contributed by atoms with van der Waals surface area (Å²) in [7, 11) is 1.67. The van der Waals surface area contributed by atoms with Crippen LogP contribution >= 0.6 is 0 Å². The molecule has 4 rings (SSSR count). The van der Waals surface area contributed by atoms with Crippen LogP contribution in [-0.2, 0) is 14.9 Å². The lowest BCUT2D eigenvalue weighted by atomic mass is 9.73. The van der Waals surface area contributed by atoms with Crippen molar-refractivity contribution in [2.24, 2.45) is 0 Å². The number of hydrogen-bond donors (Lipinski definition) is 3. The number of amides is 1. The lowest BCUT2D eigenvalue weighted by Gasteiger charge is -2.38. The van der Waals surface area contributed by atoms with Crippen molar-refractivity contribution in [1.82, 2.24) is 16.2 Å². The molecule has 0 bridgehead atoms. The van der Waals surface area contributed by atoms with Crippen molar-refractivity contribution in [2.75, 3.05) is 26.9 Å². The first-order valence-corrected chi connectivity index (χ1v) is 11.1. The molecular weight excluding hydrogens is 390 g/mol. The number of hydrazine groups is 1. The molecule has 0 aromatic heterocycles. The van der Waals surface area contributed by atoms with Gasteiger partial charge < -0.3 is 14.8 Å². The number of rotatable bonds is 6. The highest BCUT2D eigenvalue weighted by Gasteiger charge is 2.37. The van der Waals surface area contributed by atoms with Crippen LogP contribution in [0, 0.1) is 13.8 Å². The molecule has 2 atom stereocenters. The summed E-state index contributed by atoms with van der Waals surface area (Å²) in [5, 5.41) is 3.24. The lowest BCUT2D eigenvalue weighted by Crippen LogP contribution is -2.49. The van der Waals surface area contributed by atoms with Crippen LogP contribution in [0.15, 0.2) is 42.5 Å². The molecular formula is C25H33N3O3. The average molecular weight is 424 g/mol. The second-order valence-corrected chi connectivity index (χ2v) is 8.86. The average Bonchev–Trinajstić information content (AvgIpc) is 3.28. The smallest absolute Gasteiger partial charge is 0.238 e. The summed E-state index contributed by atoms with van der Waals surface area (Å²) < 4.78 is 11.1. The van der Waals surface area contributed by atoms with E-state index >= 15 is 0 Å². The molecule has 0 radical (unpaired) electrons. The number of para-hydroxylation sites is 1. The molecule has 0 aliphatic carbocycles. The van der Waals surface area contributed by atoms with Gasteiger partial charge in [0.15, 0.2) is 0 Å². The number of nitrogens with one attached hydrogen (secondary N) is 3. The van der Waals surface area contributed by atoms with E-state index in [1.165, 1.54) is 16.7 Å². The van der Waals surface area contributed by atoms with Crippen molar-refractivity contribution < 1.29 is 14.3 Å². The van der Waals surface area contributed by atoms with Gasteiger partial charge in [-0.25, -0.2) is 10.9 Å². The van der Waals surface area contributed by atoms with E-state index < -0.39 is 0 Å². The summed E-state index contributed by atoms with van der Waals surface area (Å²) in [6.07, 6.45) is 2.50. The van der Waals surface area contributed by atoms with Crippen molar-refractivity contribution in [1.29, 1.82) is 0 Å². The minimum Gasteiger partial charge on any atom is -0.496 e. The fourth-order valence-electron chi connectivity index (χ4n) is 4.88. The van der Waals surface area contributed by atoms with Gasteiger partial charge in [0, 0.05) is 30.7 Å². The highest BCUT2D eigenvalue weighted by atomic mass is 16.5. The first-order valence-electron chi connectivity index (χ1n) is 11.1. The Hall–Kier alpha value is -2.41. The van der Waals surface area contributed by atoms with E-state index in [1.54, 1.807) is 7.11 Å². The minimum absolute atomic E-state index is 0.0279. The zero-order chi connectivity index (χ0) is 21.8. The normalized spacial score (nSPS) is 22.8. The van der Waals surface area contributed by atoms with Crippen LogP contribution in [0.1, 0.15) is 47.6 Å². The molecule has 2 aliphatic heterocycles. The molecule has 2 aliphatic rings. The summed E-state index contributed by atoms with van der Waals surface area (Å²) in [6, 6.07) is 14.4. The van der Waals surface area contributed by atoms with Gasteiger partial charge >= 0.3 is 0 Å². The summed E-state index contributed by atoms with van der Waals surface area (Å²) in [4.78, 5) is 13.1. The molecule has 0 saturated carbocycles. The van der Waals surface area contributed by atoms with E-state index in [0.29, 0.717) is 13.0 Å². The van der Waals surface area contributed by atoms with Gasteiger partial charge in [-0.1, -0.05) is 47.5 Å². The Kier molecular flexibility index (Phi) is 6.60. The van der Waals surface area contributed by atoms with Crippen molar-refractivity contribution in [2.45, 2.75) is 50.6 Å². The van der Waals surface area contributed by atoms with Crippen LogP contribution in [0.2, 0.25) is 0 Å². The Morgan fingerprint density at radius 1 is 1.13 bits per heavy atom. The van der Waals surface area contributed by atoms with Crippen LogP contribution in [-0.4, -0.2) is 38.8 Å². The van der Waals surface area contributed by atoms with E-state index in [2.05, 4.69) is 48.2 Å². The zero-order valence-electron chi connectivity index (χ0n) is 18.7. The summed E-state index contributed by atoms with van der Waals surface area (Å²) >= 11 is 0. The number of carbonyl (C=O) groups excluding carboxylic acids is 1. The van der Waals surface area contributed by atoms with Crippen LogP contribution in [0.4, 0.5) is 0 Å². The number of ether oxygens (including phenoxy) is 2. The molecule has 2 aromatic rings. The van der Waals surface area contributed by atoms with E-state index in [1.807, 2.05) is 24.3 Å². The number of carbonyl (C=O) groups is 1. The first kappa shape index (κ1) is 21.8. The van der Waals surface area contributed by atoms with Gasteiger partial charge in [-0.15, -0.1) is 0 Å². The largest absolute Gasteiger partial charge is 0.496 e. The van der Waals surface area contributed by atoms with E-state index in [9.17, 15) is 4.79 Å². The fraction of sp³-hybridized carbons (Fsp3) is 0.480. The Labute approximate surface area is 184 Å². The maximum atomic E-state index is 13.1. The quantitative estimate of drug-likeness (QED) is 0.666. The maximum Gasteiger partial charge on any atom is 0.238 e. The fourth-order valence-corrected chi connectivity index (χ4v) is 4.88. The number of hydrogen-bond acceptors (Lipinski definition) is 5. The van der Waals surface area contributed by atoms with Crippen molar-refractivity contribution in [3.8, 4) is 5.75 Å². The SMILES string of the molecule is COc1ccccc1C1CC(C(=O)NCC2(c3cc(C)cc(C)c3)CCOCC2)NN1. The monoisotopic (exact) mass is 423 g/mol. The maximum absolute atomic E-state index is 13.1. The van der Waals surface area contributed by atoms with E-state index in [0.717, 1.165) is 37.4 Å². The Morgan fingerprint density at radius 3 is 2.55 bits per heavy atom. The molecule has 0 spiro atoms. The third kappa shape index (κ3) is 4.76. The minimum atomic E-state index is -0.286. The predicted molar refractivity (Wildman–Crippen MR) is 121 cm³/mol. The second kappa shape index (κ2) is 9.39. The van der Waals surface area contributed by atoms with Crippen molar-refractivity contribution in [3.05, 3.63) is 64.7 Å². The van der Waals surface area contributed by atoms with Gasteiger partial charge in [0.25, 0.3) is 0 Å². The van der Waals surface area contributed by atoms with Crippen molar-refractivity contribution >= 4 is 5.91 Å². The molecule has 2 unspecified atom stereocenters. The summed E-state index contributed by atoms with van der Waals surface area (Å²) in [5.41, 5.74) is 11.2. The molecule has 166 valence electrons. The highest BCUT2D eigenvalue weighted by molar-refractivity contribution is 5.82. The molecule has 2 fully saturated rings. The van der Waals surface area contributed by atoms with Crippen molar-refractivity contribution in [3.63, 3.8) is 0 Å². The van der Waals surface area contributed by atoms with Gasteiger partial charge in [-0.05, 0) is 44.7 Å². The molecule has 2 heterocycles. The molecule has 6 nitrogen and oxygen atoms in total. The topological polar surface area (TPSA) is 71.6 Å². The first-order chi connectivity index (χ1) is 15.0. The van der Waals surface area contributed by atoms with Gasteiger partial charge in [0.2, 0.25) is 5.91 Å². The zero-order valence-corrected chi connectivity index (χ0v) is 18.7. The van der Waals surface area contributed by atoms with Crippen LogP contribution < -0.4 is 20.9 Å².